The highest BCUT2D eigenvalue weighted by Crippen LogP contribution is 2.36. The van der Waals surface area contributed by atoms with Gasteiger partial charge in [0.1, 0.15) is 5.52 Å². The van der Waals surface area contributed by atoms with Gasteiger partial charge in [0.2, 0.25) is 0 Å². The van der Waals surface area contributed by atoms with E-state index in [1.54, 1.807) is 19.2 Å². The average Bonchev–Trinajstić information content (AvgIpc) is 3.12. The Balaban J connectivity index is 1.63. The molecule has 0 unspecified atom stereocenters. The monoisotopic (exact) mass is 395 g/mol. The standard InChI is InChI=1S/C20H18FN5O3/c1-10-25-18-16(29-10)7-13(19(27)17(18)21)15-6-11-8-24-26(12-2-4-22-5-3-12)20(28)14(11)9-23-15/h6-9,12,22,27H,2-5H2,1H3. The van der Waals surface area contributed by atoms with Crippen molar-refractivity contribution in [1.29, 1.82) is 0 Å². The number of nitrogens with zero attached hydrogens (tertiary/aromatic N) is 4. The number of rotatable bonds is 2. The molecule has 0 saturated carbocycles. The van der Waals surface area contributed by atoms with Gasteiger partial charge in [0.15, 0.2) is 23.0 Å². The molecule has 3 aromatic heterocycles. The van der Waals surface area contributed by atoms with Gasteiger partial charge in [-0.1, -0.05) is 0 Å². The van der Waals surface area contributed by atoms with Crippen molar-refractivity contribution in [2.45, 2.75) is 25.8 Å². The van der Waals surface area contributed by atoms with E-state index in [9.17, 15) is 14.3 Å². The molecule has 5 rings (SSSR count). The predicted octanol–water partition coefficient (Wildman–Crippen LogP) is 2.68. The number of halogens is 1. The number of piperidine rings is 1. The second kappa shape index (κ2) is 6.63. The van der Waals surface area contributed by atoms with Gasteiger partial charge in [0.05, 0.1) is 23.3 Å². The topological polar surface area (TPSA) is 106 Å². The fraction of sp³-hybridized carbons (Fsp3) is 0.300. The number of oxazole rings is 1. The Kier molecular flexibility index (Phi) is 4.06. The third-order valence-electron chi connectivity index (χ3n) is 5.33. The van der Waals surface area contributed by atoms with E-state index in [0.717, 1.165) is 25.9 Å². The lowest BCUT2D eigenvalue weighted by atomic mass is 10.1. The van der Waals surface area contributed by atoms with E-state index in [2.05, 4.69) is 20.4 Å². The van der Waals surface area contributed by atoms with Crippen LogP contribution in [0.15, 0.2) is 33.7 Å². The van der Waals surface area contributed by atoms with Gasteiger partial charge in [-0.05, 0) is 38.1 Å². The van der Waals surface area contributed by atoms with Crippen molar-refractivity contribution in [1.82, 2.24) is 25.1 Å². The molecule has 4 heterocycles. The van der Waals surface area contributed by atoms with Crippen molar-refractivity contribution < 1.29 is 13.9 Å². The number of phenolic OH excluding ortho intramolecular Hbond substituents is 1. The van der Waals surface area contributed by atoms with E-state index < -0.39 is 11.6 Å². The molecule has 2 N–H and O–H groups in total. The molecule has 1 aliphatic rings. The van der Waals surface area contributed by atoms with Gasteiger partial charge in [0, 0.05) is 24.1 Å². The first kappa shape index (κ1) is 17.7. The maximum atomic E-state index is 14.5. The van der Waals surface area contributed by atoms with Crippen molar-refractivity contribution >= 4 is 21.9 Å². The van der Waals surface area contributed by atoms with Crippen LogP contribution >= 0.6 is 0 Å². The molecule has 1 aliphatic heterocycles. The maximum absolute atomic E-state index is 14.5. The van der Waals surface area contributed by atoms with E-state index in [1.807, 2.05) is 0 Å². The molecule has 4 aromatic rings. The third-order valence-corrected chi connectivity index (χ3v) is 5.33. The van der Waals surface area contributed by atoms with Crippen LogP contribution in [0, 0.1) is 12.7 Å². The molecule has 1 fully saturated rings. The van der Waals surface area contributed by atoms with E-state index in [0.29, 0.717) is 22.4 Å². The van der Waals surface area contributed by atoms with E-state index in [1.165, 1.54) is 16.9 Å². The number of phenols is 1. The molecule has 0 amide bonds. The fourth-order valence-corrected chi connectivity index (χ4v) is 3.84. The second-order valence-corrected chi connectivity index (χ2v) is 7.20. The third kappa shape index (κ3) is 2.85. The summed E-state index contributed by atoms with van der Waals surface area (Å²) in [7, 11) is 0. The Hall–Kier alpha value is -3.33. The van der Waals surface area contributed by atoms with Crippen LogP contribution in [0.4, 0.5) is 4.39 Å². The Labute approximate surface area is 164 Å². The Morgan fingerprint density at radius 2 is 2.07 bits per heavy atom. The molecule has 29 heavy (non-hydrogen) atoms. The first-order valence-corrected chi connectivity index (χ1v) is 9.40. The van der Waals surface area contributed by atoms with Crippen molar-refractivity contribution in [2.75, 3.05) is 13.1 Å². The van der Waals surface area contributed by atoms with Crippen molar-refractivity contribution in [3.05, 3.63) is 46.6 Å². The van der Waals surface area contributed by atoms with Crippen molar-refractivity contribution in [3.63, 3.8) is 0 Å². The summed E-state index contributed by atoms with van der Waals surface area (Å²) in [4.78, 5) is 21.1. The van der Waals surface area contributed by atoms with Gasteiger partial charge in [-0.2, -0.15) is 5.10 Å². The SMILES string of the molecule is Cc1nc2c(F)c(O)c(-c3cc4cnn(C5CCNCC5)c(=O)c4cn3)cc2o1. The molecule has 1 aromatic carbocycles. The molecule has 0 aliphatic carbocycles. The summed E-state index contributed by atoms with van der Waals surface area (Å²) in [6, 6.07) is 3.16. The minimum Gasteiger partial charge on any atom is -0.504 e. The summed E-state index contributed by atoms with van der Waals surface area (Å²) in [5.41, 5.74) is 0.455. The molecule has 0 atom stereocenters. The van der Waals surface area contributed by atoms with E-state index >= 15 is 0 Å². The number of aryl methyl sites for hydroxylation is 1. The number of nitrogens with one attached hydrogen (secondary N) is 1. The lowest BCUT2D eigenvalue weighted by Gasteiger charge is -2.23. The molecule has 0 bridgehead atoms. The highest BCUT2D eigenvalue weighted by Gasteiger charge is 2.21. The van der Waals surface area contributed by atoms with E-state index in [-0.39, 0.29) is 28.3 Å². The average molecular weight is 395 g/mol. The van der Waals surface area contributed by atoms with Crippen LogP contribution in [0.2, 0.25) is 0 Å². The number of aromatic hydroxyl groups is 1. The van der Waals surface area contributed by atoms with Crippen molar-refractivity contribution in [2.24, 2.45) is 0 Å². The summed E-state index contributed by atoms with van der Waals surface area (Å²) in [5, 5.41) is 18.9. The quantitative estimate of drug-likeness (QED) is 0.537. The molecule has 9 heteroatoms. The van der Waals surface area contributed by atoms with Gasteiger partial charge in [-0.15, -0.1) is 0 Å². The van der Waals surface area contributed by atoms with Crippen LogP contribution in [0.3, 0.4) is 0 Å². The Morgan fingerprint density at radius 1 is 1.28 bits per heavy atom. The lowest BCUT2D eigenvalue weighted by Crippen LogP contribution is -2.35. The van der Waals surface area contributed by atoms with Crippen LogP contribution < -0.4 is 10.9 Å². The Bertz CT molecular complexity index is 1310. The summed E-state index contributed by atoms with van der Waals surface area (Å²) in [6.07, 6.45) is 4.73. The summed E-state index contributed by atoms with van der Waals surface area (Å²) in [6.45, 7) is 3.30. The zero-order valence-electron chi connectivity index (χ0n) is 15.6. The number of benzene rings is 1. The van der Waals surface area contributed by atoms with Crippen LogP contribution in [0.5, 0.6) is 5.75 Å². The molecular formula is C20H18FN5O3. The van der Waals surface area contributed by atoms with Crippen LogP contribution in [-0.4, -0.2) is 37.9 Å². The minimum absolute atomic E-state index is 0.0314. The van der Waals surface area contributed by atoms with Crippen LogP contribution in [-0.2, 0) is 0 Å². The highest BCUT2D eigenvalue weighted by atomic mass is 19.1. The smallest absolute Gasteiger partial charge is 0.276 e. The summed E-state index contributed by atoms with van der Waals surface area (Å²) in [5.74, 6) is -1.13. The fourth-order valence-electron chi connectivity index (χ4n) is 3.84. The molecule has 0 spiro atoms. The second-order valence-electron chi connectivity index (χ2n) is 7.20. The van der Waals surface area contributed by atoms with Gasteiger partial charge in [-0.25, -0.2) is 14.1 Å². The first-order valence-electron chi connectivity index (χ1n) is 9.40. The van der Waals surface area contributed by atoms with Gasteiger partial charge < -0.3 is 14.8 Å². The van der Waals surface area contributed by atoms with Gasteiger partial charge >= 0.3 is 0 Å². The largest absolute Gasteiger partial charge is 0.504 e. The molecule has 8 nitrogen and oxygen atoms in total. The highest BCUT2D eigenvalue weighted by molar-refractivity contribution is 5.88. The van der Waals surface area contributed by atoms with Crippen LogP contribution in [0.25, 0.3) is 33.1 Å². The summed E-state index contributed by atoms with van der Waals surface area (Å²) < 4.78 is 21.4. The molecule has 0 radical (unpaired) electrons. The maximum Gasteiger partial charge on any atom is 0.276 e. The molecular weight excluding hydrogens is 377 g/mol. The normalized spacial score (nSPS) is 15.4. The number of aromatic nitrogens is 4. The van der Waals surface area contributed by atoms with Crippen LogP contribution in [0.1, 0.15) is 24.8 Å². The summed E-state index contributed by atoms with van der Waals surface area (Å²) >= 11 is 0. The van der Waals surface area contributed by atoms with Gasteiger partial charge in [-0.3, -0.25) is 9.78 Å². The number of fused-ring (bicyclic) bond motifs is 2. The number of pyridine rings is 1. The van der Waals surface area contributed by atoms with Crippen molar-refractivity contribution in [3.8, 4) is 17.0 Å². The number of hydrogen-bond donors (Lipinski definition) is 2. The van der Waals surface area contributed by atoms with E-state index in [4.69, 9.17) is 4.42 Å². The lowest BCUT2D eigenvalue weighted by molar-refractivity contribution is 0.333. The molecule has 148 valence electrons. The molecule has 1 saturated heterocycles. The number of hydrogen-bond acceptors (Lipinski definition) is 7. The first-order chi connectivity index (χ1) is 14.0. The Morgan fingerprint density at radius 3 is 2.86 bits per heavy atom. The predicted molar refractivity (Wildman–Crippen MR) is 104 cm³/mol. The van der Waals surface area contributed by atoms with Gasteiger partial charge in [0.25, 0.3) is 5.56 Å². The zero-order chi connectivity index (χ0) is 20.1. The minimum atomic E-state index is -0.865. The zero-order valence-corrected chi connectivity index (χ0v) is 15.6.